The lowest BCUT2D eigenvalue weighted by Crippen LogP contribution is -2.44. The van der Waals surface area contributed by atoms with Gasteiger partial charge in [0, 0.05) is 25.3 Å². The SMILES string of the molecule is COc1ccc([C@H](NC2CCOCC2)C2CC(O)C2)cc1F. The molecule has 2 aliphatic rings. The standard InChI is InChI=1S/C17H24FNO3/c1-21-16-3-2-11(10-15(16)18)17(12-8-14(20)9-12)19-13-4-6-22-7-5-13/h2-3,10,12-14,17,19-20H,4-9H2,1H3/t12?,14?,17-/m0/s1. The molecule has 1 aliphatic heterocycles. The molecular weight excluding hydrogens is 285 g/mol. The molecule has 1 heterocycles. The van der Waals surface area contributed by atoms with E-state index < -0.39 is 0 Å². The van der Waals surface area contributed by atoms with E-state index in [1.165, 1.54) is 7.11 Å². The summed E-state index contributed by atoms with van der Waals surface area (Å²) in [5.74, 6) is 0.284. The van der Waals surface area contributed by atoms with Crippen molar-refractivity contribution in [3.05, 3.63) is 29.6 Å². The van der Waals surface area contributed by atoms with Crippen LogP contribution in [0.1, 0.15) is 37.3 Å². The first-order valence-corrected chi connectivity index (χ1v) is 8.02. The van der Waals surface area contributed by atoms with Crippen LogP contribution in [0.2, 0.25) is 0 Å². The summed E-state index contributed by atoms with van der Waals surface area (Å²) in [6, 6.07) is 5.62. The lowest BCUT2D eigenvalue weighted by atomic mass is 9.74. The lowest BCUT2D eigenvalue weighted by molar-refractivity contribution is 0.0146. The van der Waals surface area contributed by atoms with Gasteiger partial charge in [-0.1, -0.05) is 6.07 Å². The first-order valence-electron chi connectivity index (χ1n) is 8.02. The van der Waals surface area contributed by atoms with Crippen molar-refractivity contribution in [1.82, 2.24) is 5.32 Å². The van der Waals surface area contributed by atoms with Gasteiger partial charge >= 0.3 is 0 Å². The van der Waals surface area contributed by atoms with Gasteiger partial charge in [-0.05, 0) is 49.3 Å². The zero-order chi connectivity index (χ0) is 15.5. The Labute approximate surface area is 130 Å². The molecule has 0 spiro atoms. The zero-order valence-electron chi connectivity index (χ0n) is 12.9. The molecule has 1 atom stereocenters. The van der Waals surface area contributed by atoms with Gasteiger partial charge in [0.15, 0.2) is 11.6 Å². The van der Waals surface area contributed by atoms with E-state index in [0.717, 1.165) is 44.5 Å². The number of aliphatic hydroxyl groups is 1. The number of aliphatic hydroxyl groups excluding tert-OH is 1. The molecule has 4 nitrogen and oxygen atoms in total. The molecule has 0 unspecified atom stereocenters. The van der Waals surface area contributed by atoms with Gasteiger partial charge in [0.25, 0.3) is 0 Å². The summed E-state index contributed by atoms with van der Waals surface area (Å²) in [5, 5.41) is 13.3. The van der Waals surface area contributed by atoms with Crippen molar-refractivity contribution in [3.63, 3.8) is 0 Å². The number of methoxy groups -OCH3 is 1. The van der Waals surface area contributed by atoms with E-state index in [9.17, 15) is 9.50 Å². The fraction of sp³-hybridized carbons (Fsp3) is 0.647. The molecule has 2 N–H and O–H groups in total. The maximum atomic E-state index is 14.0. The third kappa shape index (κ3) is 3.42. The predicted molar refractivity (Wildman–Crippen MR) is 81.4 cm³/mol. The summed E-state index contributed by atoms with van der Waals surface area (Å²) in [7, 11) is 1.47. The van der Waals surface area contributed by atoms with Crippen molar-refractivity contribution in [1.29, 1.82) is 0 Å². The summed E-state index contributed by atoms with van der Waals surface area (Å²) in [5.41, 5.74) is 0.932. The number of benzene rings is 1. The van der Waals surface area contributed by atoms with Gasteiger partial charge in [0.2, 0.25) is 0 Å². The second kappa shape index (κ2) is 6.94. The quantitative estimate of drug-likeness (QED) is 0.877. The third-order valence-corrected chi connectivity index (χ3v) is 4.79. The van der Waals surface area contributed by atoms with Crippen LogP contribution in [-0.4, -0.2) is 37.6 Å². The molecule has 1 aromatic rings. The van der Waals surface area contributed by atoms with E-state index in [1.54, 1.807) is 12.1 Å². The predicted octanol–water partition coefficient (Wildman–Crippen LogP) is 2.41. The molecule has 1 aliphatic carbocycles. The molecule has 0 bridgehead atoms. The maximum absolute atomic E-state index is 14.0. The van der Waals surface area contributed by atoms with Gasteiger partial charge in [-0.15, -0.1) is 0 Å². The Bertz CT molecular complexity index is 499. The van der Waals surface area contributed by atoms with Crippen LogP contribution in [0.5, 0.6) is 5.75 Å². The normalized spacial score (nSPS) is 27.2. The number of nitrogens with one attached hydrogen (secondary N) is 1. The fourth-order valence-electron chi connectivity index (χ4n) is 3.40. The number of hydrogen-bond acceptors (Lipinski definition) is 4. The van der Waals surface area contributed by atoms with Gasteiger partial charge < -0.3 is 19.9 Å². The molecule has 3 rings (SSSR count). The Morgan fingerprint density at radius 3 is 2.64 bits per heavy atom. The second-order valence-corrected chi connectivity index (χ2v) is 6.31. The van der Waals surface area contributed by atoms with Crippen molar-refractivity contribution >= 4 is 0 Å². The van der Waals surface area contributed by atoms with E-state index in [-0.39, 0.29) is 23.7 Å². The van der Waals surface area contributed by atoms with Gasteiger partial charge in [0.1, 0.15) is 0 Å². The molecule has 0 aromatic heterocycles. The topological polar surface area (TPSA) is 50.7 Å². The van der Waals surface area contributed by atoms with E-state index in [0.29, 0.717) is 12.0 Å². The summed E-state index contributed by atoms with van der Waals surface area (Å²) >= 11 is 0. The molecule has 1 aromatic carbocycles. The summed E-state index contributed by atoms with van der Waals surface area (Å²) in [6.45, 7) is 1.54. The van der Waals surface area contributed by atoms with Crippen LogP contribution in [-0.2, 0) is 4.74 Å². The Balaban J connectivity index is 1.76. The highest BCUT2D eigenvalue weighted by Crippen LogP contribution is 2.39. The summed E-state index contributed by atoms with van der Waals surface area (Å²) in [4.78, 5) is 0. The highest BCUT2D eigenvalue weighted by Gasteiger charge is 2.36. The first-order chi connectivity index (χ1) is 10.7. The number of halogens is 1. The van der Waals surface area contributed by atoms with Gasteiger partial charge in [-0.2, -0.15) is 0 Å². The molecule has 2 fully saturated rings. The van der Waals surface area contributed by atoms with Crippen LogP contribution in [0.15, 0.2) is 18.2 Å². The largest absolute Gasteiger partial charge is 0.494 e. The van der Waals surface area contributed by atoms with Gasteiger partial charge in [-0.3, -0.25) is 0 Å². The molecule has 1 saturated heterocycles. The van der Waals surface area contributed by atoms with Gasteiger partial charge in [-0.25, -0.2) is 4.39 Å². The average Bonchev–Trinajstić information content (AvgIpc) is 2.51. The van der Waals surface area contributed by atoms with Crippen LogP contribution >= 0.6 is 0 Å². The van der Waals surface area contributed by atoms with Crippen molar-refractivity contribution in [2.45, 2.75) is 43.9 Å². The third-order valence-electron chi connectivity index (χ3n) is 4.79. The number of ether oxygens (including phenoxy) is 2. The van der Waals surface area contributed by atoms with E-state index >= 15 is 0 Å². The molecule has 122 valence electrons. The Morgan fingerprint density at radius 1 is 1.32 bits per heavy atom. The molecular formula is C17H24FNO3. The lowest BCUT2D eigenvalue weighted by Gasteiger charge is -2.40. The van der Waals surface area contributed by atoms with Crippen LogP contribution in [0, 0.1) is 11.7 Å². The fourth-order valence-corrected chi connectivity index (χ4v) is 3.40. The van der Waals surface area contributed by atoms with Crippen LogP contribution in [0.4, 0.5) is 4.39 Å². The Kier molecular flexibility index (Phi) is 4.96. The van der Waals surface area contributed by atoms with Crippen LogP contribution < -0.4 is 10.1 Å². The van der Waals surface area contributed by atoms with E-state index in [1.807, 2.05) is 6.07 Å². The highest BCUT2D eigenvalue weighted by atomic mass is 19.1. The maximum Gasteiger partial charge on any atom is 0.165 e. The van der Waals surface area contributed by atoms with Crippen LogP contribution in [0.3, 0.4) is 0 Å². The summed E-state index contributed by atoms with van der Waals surface area (Å²) < 4.78 is 24.4. The smallest absolute Gasteiger partial charge is 0.165 e. The average molecular weight is 309 g/mol. The Morgan fingerprint density at radius 2 is 2.05 bits per heavy atom. The van der Waals surface area contributed by atoms with Crippen molar-refractivity contribution in [2.75, 3.05) is 20.3 Å². The minimum Gasteiger partial charge on any atom is -0.494 e. The molecule has 0 radical (unpaired) electrons. The molecule has 5 heteroatoms. The van der Waals surface area contributed by atoms with Crippen LogP contribution in [0.25, 0.3) is 0 Å². The van der Waals surface area contributed by atoms with Crippen molar-refractivity contribution in [2.24, 2.45) is 5.92 Å². The minimum absolute atomic E-state index is 0.0758. The molecule has 0 amide bonds. The van der Waals surface area contributed by atoms with Crippen molar-refractivity contribution < 1.29 is 19.0 Å². The first kappa shape index (κ1) is 15.7. The molecule has 1 saturated carbocycles. The monoisotopic (exact) mass is 309 g/mol. The Hall–Kier alpha value is -1.17. The number of rotatable bonds is 5. The number of hydrogen-bond donors (Lipinski definition) is 2. The second-order valence-electron chi connectivity index (χ2n) is 6.31. The van der Waals surface area contributed by atoms with Crippen molar-refractivity contribution in [3.8, 4) is 5.75 Å². The van der Waals surface area contributed by atoms with E-state index in [2.05, 4.69) is 5.32 Å². The highest BCUT2D eigenvalue weighted by molar-refractivity contribution is 5.31. The summed E-state index contributed by atoms with van der Waals surface area (Å²) in [6.07, 6.45) is 3.28. The van der Waals surface area contributed by atoms with Gasteiger partial charge in [0.05, 0.1) is 13.2 Å². The molecule has 22 heavy (non-hydrogen) atoms. The van der Waals surface area contributed by atoms with E-state index in [4.69, 9.17) is 9.47 Å². The minimum atomic E-state index is -0.335. The zero-order valence-corrected chi connectivity index (χ0v) is 12.9.